The summed E-state index contributed by atoms with van der Waals surface area (Å²) in [6.45, 7) is 1.42. The molecule has 92 valence electrons. The highest BCUT2D eigenvalue weighted by Crippen LogP contribution is 2.18. The molecule has 2 aromatic heterocycles. The number of fused-ring (bicyclic) bond motifs is 1. The third kappa shape index (κ3) is 1.80. The van der Waals surface area contributed by atoms with Gasteiger partial charge < -0.3 is 14.9 Å². The topological polar surface area (TPSA) is 48.8 Å². The van der Waals surface area contributed by atoms with E-state index < -0.39 is 0 Å². The minimum Gasteiger partial charge on any atom is -0.341 e. The zero-order valence-electron chi connectivity index (χ0n) is 10.4. The first kappa shape index (κ1) is 11.0. The second-order valence-electron chi connectivity index (χ2n) is 4.54. The van der Waals surface area contributed by atoms with Gasteiger partial charge >= 0.3 is 0 Å². The molecule has 2 N–H and O–H groups in total. The fourth-order valence-corrected chi connectivity index (χ4v) is 2.23. The first-order valence-electron chi connectivity index (χ1n) is 6.01. The largest absolute Gasteiger partial charge is 0.341 e. The number of hydrogen-bond donors (Lipinski definition) is 1. The van der Waals surface area contributed by atoms with Crippen LogP contribution in [0.4, 0.5) is 0 Å². The molecule has 3 rings (SSSR count). The van der Waals surface area contributed by atoms with Crippen molar-refractivity contribution in [2.75, 3.05) is 0 Å². The molecular weight excluding hydrogens is 224 g/mol. The van der Waals surface area contributed by atoms with Gasteiger partial charge in [-0.05, 0) is 29.1 Å². The van der Waals surface area contributed by atoms with Gasteiger partial charge in [-0.15, -0.1) is 0 Å². The van der Waals surface area contributed by atoms with Gasteiger partial charge in [-0.1, -0.05) is 6.07 Å². The molecule has 0 radical (unpaired) electrons. The van der Waals surface area contributed by atoms with Gasteiger partial charge in [0.1, 0.15) is 0 Å². The van der Waals surface area contributed by atoms with E-state index >= 15 is 0 Å². The second kappa shape index (κ2) is 4.31. The fourth-order valence-electron chi connectivity index (χ4n) is 2.23. The SMILES string of the molecule is Cn1cncc1Cn1ccc2cc(CN)ccc21. The first-order chi connectivity index (χ1) is 8.78. The minimum absolute atomic E-state index is 0.586. The molecule has 0 spiro atoms. The Labute approximate surface area is 106 Å². The van der Waals surface area contributed by atoms with Gasteiger partial charge in [0.05, 0.1) is 18.6 Å². The summed E-state index contributed by atoms with van der Waals surface area (Å²) in [6.07, 6.45) is 5.84. The maximum absolute atomic E-state index is 5.66. The Kier molecular flexibility index (Phi) is 2.64. The second-order valence-corrected chi connectivity index (χ2v) is 4.54. The van der Waals surface area contributed by atoms with Crippen LogP contribution in [0.15, 0.2) is 43.0 Å². The van der Waals surface area contributed by atoms with E-state index in [9.17, 15) is 0 Å². The van der Waals surface area contributed by atoms with Crippen molar-refractivity contribution in [2.45, 2.75) is 13.1 Å². The lowest BCUT2D eigenvalue weighted by atomic mass is 10.1. The van der Waals surface area contributed by atoms with Crippen molar-refractivity contribution >= 4 is 10.9 Å². The molecule has 1 aromatic carbocycles. The number of aryl methyl sites for hydroxylation is 1. The maximum Gasteiger partial charge on any atom is 0.0946 e. The van der Waals surface area contributed by atoms with E-state index in [1.165, 1.54) is 22.2 Å². The molecule has 0 saturated heterocycles. The van der Waals surface area contributed by atoms with Crippen molar-refractivity contribution in [1.29, 1.82) is 0 Å². The van der Waals surface area contributed by atoms with Gasteiger partial charge in [0.25, 0.3) is 0 Å². The summed E-state index contributed by atoms with van der Waals surface area (Å²) < 4.78 is 4.27. The van der Waals surface area contributed by atoms with E-state index in [2.05, 4.69) is 40.0 Å². The summed E-state index contributed by atoms with van der Waals surface area (Å²) in [6, 6.07) is 8.50. The monoisotopic (exact) mass is 240 g/mol. The molecule has 0 unspecified atom stereocenters. The molecular formula is C14H16N4. The smallest absolute Gasteiger partial charge is 0.0946 e. The van der Waals surface area contributed by atoms with E-state index in [0.29, 0.717) is 6.54 Å². The Bertz CT molecular complexity index is 678. The highest BCUT2D eigenvalue weighted by Gasteiger charge is 2.04. The molecule has 0 aliphatic carbocycles. The van der Waals surface area contributed by atoms with Crippen molar-refractivity contribution in [3.05, 3.63) is 54.2 Å². The molecule has 2 heterocycles. The van der Waals surface area contributed by atoms with Crippen LogP contribution in [0, 0.1) is 0 Å². The molecule has 0 atom stereocenters. The van der Waals surface area contributed by atoms with Crippen molar-refractivity contribution in [1.82, 2.24) is 14.1 Å². The maximum atomic E-state index is 5.66. The molecule has 0 saturated carbocycles. The number of nitrogens with two attached hydrogens (primary N) is 1. The van der Waals surface area contributed by atoms with Gasteiger partial charge in [0.15, 0.2) is 0 Å². The van der Waals surface area contributed by atoms with Gasteiger partial charge in [-0.3, -0.25) is 0 Å². The average molecular weight is 240 g/mol. The lowest BCUT2D eigenvalue weighted by Crippen LogP contribution is -2.03. The summed E-state index contributed by atoms with van der Waals surface area (Å²) in [5, 5.41) is 1.24. The number of rotatable bonds is 3. The van der Waals surface area contributed by atoms with Crippen LogP contribution in [0.25, 0.3) is 10.9 Å². The third-order valence-corrected chi connectivity index (χ3v) is 3.32. The number of nitrogens with zero attached hydrogens (tertiary/aromatic N) is 3. The normalized spacial score (nSPS) is 11.2. The summed E-state index contributed by atoms with van der Waals surface area (Å²) in [5.74, 6) is 0. The van der Waals surface area contributed by atoms with Crippen LogP contribution < -0.4 is 5.73 Å². The van der Waals surface area contributed by atoms with E-state index in [4.69, 9.17) is 5.73 Å². The zero-order valence-corrected chi connectivity index (χ0v) is 10.4. The first-order valence-corrected chi connectivity index (χ1v) is 6.01. The third-order valence-electron chi connectivity index (χ3n) is 3.32. The van der Waals surface area contributed by atoms with E-state index in [0.717, 1.165) is 6.54 Å². The van der Waals surface area contributed by atoms with Crippen LogP contribution in [0.3, 0.4) is 0 Å². The molecule has 0 bridgehead atoms. The van der Waals surface area contributed by atoms with E-state index in [-0.39, 0.29) is 0 Å². The van der Waals surface area contributed by atoms with Crippen LogP contribution in [-0.4, -0.2) is 14.1 Å². The molecule has 0 aliphatic rings. The Morgan fingerprint density at radius 3 is 2.89 bits per heavy atom. The van der Waals surface area contributed by atoms with Crippen LogP contribution in [0.1, 0.15) is 11.3 Å². The molecule has 0 fully saturated rings. The number of benzene rings is 1. The number of aromatic nitrogens is 3. The molecule has 4 heteroatoms. The number of hydrogen-bond acceptors (Lipinski definition) is 2. The van der Waals surface area contributed by atoms with Crippen molar-refractivity contribution in [3.8, 4) is 0 Å². The standard InChI is InChI=1S/C14H16N4/c1-17-10-16-8-13(17)9-18-5-4-12-6-11(7-15)2-3-14(12)18/h2-6,8,10H,7,9,15H2,1H3. The van der Waals surface area contributed by atoms with Crippen molar-refractivity contribution < 1.29 is 0 Å². The summed E-state index contributed by atoms with van der Waals surface area (Å²) >= 11 is 0. The van der Waals surface area contributed by atoms with Crippen molar-refractivity contribution in [2.24, 2.45) is 12.8 Å². The summed E-state index contributed by atoms with van der Waals surface area (Å²) in [4.78, 5) is 4.14. The molecule has 0 amide bonds. The molecule has 3 aromatic rings. The van der Waals surface area contributed by atoms with Gasteiger partial charge in [0, 0.05) is 31.5 Å². The van der Waals surface area contributed by atoms with E-state index in [1.807, 2.05) is 24.1 Å². The molecule has 0 aliphatic heterocycles. The van der Waals surface area contributed by atoms with Crippen LogP contribution >= 0.6 is 0 Å². The molecule has 4 nitrogen and oxygen atoms in total. The summed E-state index contributed by atoms with van der Waals surface area (Å²) in [5.41, 5.74) is 9.25. The van der Waals surface area contributed by atoms with Crippen LogP contribution in [0.2, 0.25) is 0 Å². The molecule has 18 heavy (non-hydrogen) atoms. The highest BCUT2D eigenvalue weighted by atomic mass is 15.1. The lowest BCUT2D eigenvalue weighted by molar-refractivity contribution is 0.743. The zero-order chi connectivity index (χ0) is 12.5. The quantitative estimate of drug-likeness (QED) is 0.760. The Morgan fingerprint density at radius 1 is 1.28 bits per heavy atom. The van der Waals surface area contributed by atoms with Gasteiger partial charge in [-0.25, -0.2) is 4.98 Å². The average Bonchev–Trinajstić information content (AvgIpc) is 2.97. The predicted octanol–water partition coefficient (Wildman–Crippen LogP) is 1.88. The summed E-state index contributed by atoms with van der Waals surface area (Å²) in [7, 11) is 2.01. The van der Waals surface area contributed by atoms with Crippen molar-refractivity contribution in [3.63, 3.8) is 0 Å². The van der Waals surface area contributed by atoms with Gasteiger partial charge in [0.2, 0.25) is 0 Å². The minimum atomic E-state index is 0.586. The van der Waals surface area contributed by atoms with Crippen LogP contribution in [-0.2, 0) is 20.1 Å². The van der Waals surface area contributed by atoms with Gasteiger partial charge in [-0.2, -0.15) is 0 Å². The number of imidazole rings is 1. The van der Waals surface area contributed by atoms with Crippen LogP contribution in [0.5, 0.6) is 0 Å². The lowest BCUT2D eigenvalue weighted by Gasteiger charge is -2.06. The van der Waals surface area contributed by atoms with E-state index in [1.54, 1.807) is 0 Å². The predicted molar refractivity (Wildman–Crippen MR) is 72.1 cm³/mol. The Morgan fingerprint density at radius 2 is 2.17 bits per heavy atom. The highest BCUT2D eigenvalue weighted by molar-refractivity contribution is 5.81. The Balaban J connectivity index is 2.00. The fraction of sp³-hybridized carbons (Fsp3) is 0.214. The Hall–Kier alpha value is -2.07.